The molecule has 0 saturated carbocycles. The number of piperidine rings is 1. The first-order chi connectivity index (χ1) is 12.1. The van der Waals surface area contributed by atoms with Gasteiger partial charge < -0.3 is 15.3 Å². The lowest BCUT2D eigenvalue weighted by atomic mass is 10.0. The average Bonchev–Trinajstić information content (AvgIpc) is 3.01. The van der Waals surface area contributed by atoms with Crippen LogP contribution in [-0.2, 0) is 14.4 Å². The SMILES string of the molecule is Cl.O=C(CN1CCCCC1C(=O)O)Nc1ccccc1N1CCCC1=O. The topological polar surface area (TPSA) is 89.9 Å². The van der Waals surface area contributed by atoms with Crippen molar-refractivity contribution >= 4 is 41.6 Å². The fraction of sp³-hybridized carbons (Fsp3) is 0.500. The Bertz CT molecular complexity index is 682. The van der Waals surface area contributed by atoms with E-state index in [9.17, 15) is 19.5 Å². The maximum Gasteiger partial charge on any atom is 0.320 e. The van der Waals surface area contributed by atoms with Crippen molar-refractivity contribution in [3.05, 3.63) is 24.3 Å². The molecular formula is C18H24ClN3O4. The first kappa shape index (κ1) is 20.2. The quantitative estimate of drug-likeness (QED) is 0.815. The molecule has 0 aliphatic carbocycles. The molecule has 2 aliphatic heterocycles. The van der Waals surface area contributed by atoms with Crippen molar-refractivity contribution in [1.29, 1.82) is 0 Å². The lowest BCUT2D eigenvalue weighted by Gasteiger charge is -2.32. The number of rotatable bonds is 5. The summed E-state index contributed by atoms with van der Waals surface area (Å²) in [5, 5.41) is 12.2. The van der Waals surface area contributed by atoms with Crippen LogP contribution in [0.25, 0.3) is 0 Å². The van der Waals surface area contributed by atoms with Gasteiger partial charge in [0.05, 0.1) is 17.9 Å². The maximum absolute atomic E-state index is 12.4. The highest BCUT2D eigenvalue weighted by molar-refractivity contribution is 6.02. The highest BCUT2D eigenvalue weighted by Crippen LogP contribution is 2.29. The van der Waals surface area contributed by atoms with Gasteiger partial charge in [-0.15, -0.1) is 12.4 Å². The number of hydrogen-bond acceptors (Lipinski definition) is 4. The fourth-order valence-electron chi connectivity index (χ4n) is 3.55. The fourth-order valence-corrected chi connectivity index (χ4v) is 3.55. The molecule has 3 rings (SSSR count). The first-order valence-corrected chi connectivity index (χ1v) is 8.72. The second-order valence-corrected chi connectivity index (χ2v) is 6.53. The molecule has 2 aliphatic rings. The summed E-state index contributed by atoms with van der Waals surface area (Å²) >= 11 is 0. The van der Waals surface area contributed by atoms with Gasteiger partial charge in [-0.05, 0) is 37.9 Å². The van der Waals surface area contributed by atoms with Gasteiger partial charge in [0, 0.05) is 13.0 Å². The number of amides is 2. The second-order valence-electron chi connectivity index (χ2n) is 6.53. The normalized spacial score (nSPS) is 20.5. The van der Waals surface area contributed by atoms with Crippen LogP contribution in [0.15, 0.2) is 24.3 Å². The first-order valence-electron chi connectivity index (χ1n) is 8.72. The highest BCUT2D eigenvalue weighted by atomic mass is 35.5. The van der Waals surface area contributed by atoms with Crippen molar-refractivity contribution in [1.82, 2.24) is 4.90 Å². The molecule has 26 heavy (non-hydrogen) atoms. The smallest absolute Gasteiger partial charge is 0.320 e. The molecule has 1 unspecified atom stereocenters. The van der Waals surface area contributed by atoms with E-state index in [2.05, 4.69) is 5.32 Å². The maximum atomic E-state index is 12.4. The molecule has 0 aromatic heterocycles. The van der Waals surface area contributed by atoms with Crippen LogP contribution in [-0.4, -0.2) is 53.5 Å². The number of carbonyl (C=O) groups is 3. The number of halogens is 1. The molecule has 1 atom stereocenters. The largest absolute Gasteiger partial charge is 0.480 e. The van der Waals surface area contributed by atoms with Crippen LogP contribution in [0.2, 0.25) is 0 Å². The molecule has 1 aromatic rings. The Hall–Kier alpha value is -2.12. The zero-order valence-corrected chi connectivity index (χ0v) is 15.3. The summed E-state index contributed by atoms with van der Waals surface area (Å²) in [6.07, 6.45) is 3.68. The van der Waals surface area contributed by atoms with Crippen molar-refractivity contribution in [2.24, 2.45) is 0 Å². The van der Waals surface area contributed by atoms with Crippen LogP contribution in [0, 0.1) is 0 Å². The highest BCUT2D eigenvalue weighted by Gasteiger charge is 2.30. The van der Waals surface area contributed by atoms with E-state index < -0.39 is 12.0 Å². The summed E-state index contributed by atoms with van der Waals surface area (Å²) in [6.45, 7) is 1.30. The Morgan fingerprint density at radius 2 is 1.92 bits per heavy atom. The minimum absolute atomic E-state index is 0. The van der Waals surface area contributed by atoms with Crippen LogP contribution >= 0.6 is 12.4 Å². The number of aliphatic carboxylic acids is 1. The third-order valence-electron chi connectivity index (χ3n) is 4.79. The van der Waals surface area contributed by atoms with Gasteiger partial charge in [0.1, 0.15) is 6.04 Å². The zero-order chi connectivity index (χ0) is 17.8. The van der Waals surface area contributed by atoms with Crippen molar-refractivity contribution in [2.75, 3.05) is 29.9 Å². The number of hydrogen-bond donors (Lipinski definition) is 2. The number of carboxylic acids is 1. The van der Waals surface area contributed by atoms with Gasteiger partial charge in [-0.2, -0.15) is 0 Å². The Kier molecular flexibility index (Phi) is 6.99. The van der Waals surface area contributed by atoms with Gasteiger partial charge in [-0.25, -0.2) is 0 Å². The molecule has 2 saturated heterocycles. The van der Waals surface area contributed by atoms with E-state index in [1.165, 1.54) is 0 Å². The molecule has 2 fully saturated rings. The number of anilines is 2. The van der Waals surface area contributed by atoms with Gasteiger partial charge in [0.25, 0.3) is 0 Å². The van der Waals surface area contributed by atoms with Crippen molar-refractivity contribution in [3.8, 4) is 0 Å². The Morgan fingerprint density at radius 3 is 2.62 bits per heavy atom. The summed E-state index contributed by atoms with van der Waals surface area (Å²) in [5.74, 6) is -1.08. The number of carboxylic acid groups (broad SMARTS) is 1. The molecule has 1 aromatic carbocycles. The van der Waals surface area contributed by atoms with E-state index >= 15 is 0 Å². The van der Waals surface area contributed by atoms with E-state index in [4.69, 9.17) is 0 Å². The van der Waals surface area contributed by atoms with Crippen LogP contribution in [0.1, 0.15) is 32.1 Å². The third-order valence-corrected chi connectivity index (χ3v) is 4.79. The van der Waals surface area contributed by atoms with Gasteiger partial charge in [0.2, 0.25) is 11.8 Å². The van der Waals surface area contributed by atoms with Gasteiger partial charge in [-0.3, -0.25) is 19.3 Å². The van der Waals surface area contributed by atoms with Crippen molar-refractivity contribution in [2.45, 2.75) is 38.1 Å². The molecule has 2 N–H and O–H groups in total. The predicted molar refractivity (Wildman–Crippen MR) is 101 cm³/mol. The van der Waals surface area contributed by atoms with E-state index in [1.807, 2.05) is 12.1 Å². The third kappa shape index (κ3) is 4.53. The summed E-state index contributed by atoms with van der Waals surface area (Å²) in [5.41, 5.74) is 1.29. The number of nitrogens with one attached hydrogen (secondary N) is 1. The Morgan fingerprint density at radius 1 is 1.15 bits per heavy atom. The number of likely N-dealkylation sites (tertiary alicyclic amines) is 1. The van der Waals surface area contributed by atoms with E-state index in [0.29, 0.717) is 37.3 Å². The average molecular weight is 382 g/mol. The van der Waals surface area contributed by atoms with Crippen LogP contribution in [0.3, 0.4) is 0 Å². The zero-order valence-electron chi connectivity index (χ0n) is 14.5. The monoisotopic (exact) mass is 381 g/mol. The summed E-state index contributed by atoms with van der Waals surface area (Å²) in [7, 11) is 0. The molecule has 142 valence electrons. The number of carbonyl (C=O) groups excluding carboxylic acids is 2. The van der Waals surface area contributed by atoms with Crippen molar-refractivity contribution in [3.63, 3.8) is 0 Å². The Labute approximate surface area is 158 Å². The van der Waals surface area contributed by atoms with E-state index in [1.54, 1.807) is 21.9 Å². The summed E-state index contributed by atoms with van der Waals surface area (Å²) in [4.78, 5) is 39.2. The Balaban J connectivity index is 0.00000243. The molecule has 0 spiro atoms. The van der Waals surface area contributed by atoms with Crippen LogP contribution in [0.5, 0.6) is 0 Å². The molecule has 0 bridgehead atoms. The van der Waals surface area contributed by atoms with Crippen LogP contribution in [0.4, 0.5) is 11.4 Å². The minimum atomic E-state index is -0.879. The number of para-hydroxylation sites is 2. The van der Waals surface area contributed by atoms with Gasteiger partial charge in [0.15, 0.2) is 0 Å². The molecule has 2 heterocycles. The molecule has 0 radical (unpaired) electrons. The molecule has 8 heteroatoms. The second kappa shape index (κ2) is 9.00. The summed E-state index contributed by atoms with van der Waals surface area (Å²) in [6, 6.07) is 6.63. The van der Waals surface area contributed by atoms with Crippen molar-refractivity contribution < 1.29 is 19.5 Å². The minimum Gasteiger partial charge on any atom is -0.480 e. The standard InChI is InChI=1S/C18H23N3O4.ClH/c22-16(12-20-10-4-3-8-15(20)18(24)25)19-13-6-1-2-7-14(13)21-11-5-9-17(21)23;/h1-2,6-7,15H,3-5,8-12H2,(H,19,22)(H,24,25);1H. The molecule has 2 amide bonds. The van der Waals surface area contributed by atoms with Gasteiger partial charge >= 0.3 is 5.97 Å². The molecule has 7 nitrogen and oxygen atoms in total. The summed E-state index contributed by atoms with van der Waals surface area (Å²) < 4.78 is 0. The molecular weight excluding hydrogens is 358 g/mol. The number of nitrogens with zero attached hydrogens (tertiary/aromatic N) is 2. The lowest BCUT2D eigenvalue weighted by molar-refractivity contribution is -0.145. The van der Waals surface area contributed by atoms with E-state index in [-0.39, 0.29) is 30.8 Å². The van der Waals surface area contributed by atoms with Crippen LogP contribution < -0.4 is 10.2 Å². The lowest BCUT2D eigenvalue weighted by Crippen LogP contribution is -2.47. The van der Waals surface area contributed by atoms with E-state index in [0.717, 1.165) is 19.3 Å². The number of benzene rings is 1. The predicted octanol–water partition coefficient (Wildman–Crippen LogP) is 2.11. The van der Waals surface area contributed by atoms with Gasteiger partial charge in [-0.1, -0.05) is 18.6 Å².